The fourth-order valence-corrected chi connectivity index (χ4v) is 1.88. The third-order valence-electron chi connectivity index (χ3n) is 2.68. The minimum atomic E-state index is -0.288. The summed E-state index contributed by atoms with van der Waals surface area (Å²) < 4.78 is 18.8. The molecule has 0 aliphatic rings. The first-order valence-electron chi connectivity index (χ1n) is 6.38. The molecular weight excluding hydrogens is 231 g/mol. The molecule has 0 radical (unpaired) electrons. The molecule has 0 aromatic heterocycles. The van der Waals surface area contributed by atoms with Crippen LogP contribution in [0.15, 0.2) is 18.2 Å². The van der Waals surface area contributed by atoms with Crippen LogP contribution in [-0.2, 0) is 6.42 Å². The number of ether oxygens (including phenoxy) is 1. The smallest absolute Gasteiger partial charge is 0.165 e. The number of rotatable bonds is 7. The second-order valence-electron chi connectivity index (χ2n) is 4.69. The lowest BCUT2D eigenvalue weighted by Crippen LogP contribution is -2.34. The van der Waals surface area contributed by atoms with Crippen molar-refractivity contribution in [3.63, 3.8) is 0 Å². The summed E-state index contributed by atoms with van der Waals surface area (Å²) in [5.41, 5.74) is 6.70. The molecule has 0 aliphatic heterocycles. The van der Waals surface area contributed by atoms with Gasteiger partial charge in [0.1, 0.15) is 0 Å². The second kappa shape index (κ2) is 7.34. The molecule has 0 bridgehead atoms. The molecule has 0 aliphatic carbocycles. The van der Waals surface area contributed by atoms with Crippen molar-refractivity contribution in [3.05, 3.63) is 29.6 Å². The van der Waals surface area contributed by atoms with Crippen LogP contribution in [0.3, 0.4) is 0 Å². The third-order valence-corrected chi connectivity index (χ3v) is 2.68. The van der Waals surface area contributed by atoms with Gasteiger partial charge < -0.3 is 15.4 Å². The first-order valence-corrected chi connectivity index (χ1v) is 6.38. The molecule has 2 N–H and O–H groups in total. The molecule has 1 unspecified atom stereocenters. The fourth-order valence-electron chi connectivity index (χ4n) is 1.88. The number of nitrogens with two attached hydrogens (primary N) is 1. The molecule has 1 atom stereocenters. The van der Waals surface area contributed by atoms with Crippen LogP contribution in [0.1, 0.15) is 19.4 Å². The summed E-state index contributed by atoms with van der Waals surface area (Å²) in [7, 11) is 2.02. The van der Waals surface area contributed by atoms with Gasteiger partial charge in [-0.1, -0.05) is 6.07 Å². The molecule has 0 amide bonds. The number of likely N-dealkylation sites (N-methyl/N-ethyl adjacent to an activating group) is 1. The van der Waals surface area contributed by atoms with Crippen molar-refractivity contribution in [2.24, 2.45) is 5.73 Å². The second-order valence-corrected chi connectivity index (χ2v) is 4.69. The van der Waals surface area contributed by atoms with Gasteiger partial charge in [-0.25, -0.2) is 4.39 Å². The molecule has 18 heavy (non-hydrogen) atoms. The van der Waals surface area contributed by atoms with Gasteiger partial charge in [-0.15, -0.1) is 0 Å². The quantitative estimate of drug-likeness (QED) is 0.809. The highest BCUT2D eigenvalue weighted by atomic mass is 19.1. The Labute approximate surface area is 109 Å². The molecule has 0 saturated carbocycles. The number of benzene rings is 1. The van der Waals surface area contributed by atoms with E-state index in [1.54, 1.807) is 12.1 Å². The van der Waals surface area contributed by atoms with Crippen LogP contribution in [-0.4, -0.2) is 37.7 Å². The molecule has 0 saturated heterocycles. The lowest BCUT2D eigenvalue weighted by molar-refractivity contribution is 0.317. The fraction of sp³-hybridized carbons (Fsp3) is 0.571. The monoisotopic (exact) mass is 254 g/mol. The van der Waals surface area contributed by atoms with E-state index in [1.165, 1.54) is 0 Å². The molecule has 1 aromatic rings. The first-order chi connectivity index (χ1) is 8.52. The Kier molecular flexibility index (Phi) is 6.09. The van der Waals surface area contributed by atoms with Gasteiger partial charge in [0.2, 0.25) is 0 Å². The Morgan fingerprint density at radius 2 is 2.17 bits per heavy atom. The Morgan fingerprint density at radius 3 is 2.72 bits per heavy atom. The van der Waals surface area contributed by atoms with Crippen LogP contribution >= 0.6 is 0 Å². The summed E-state index contributed by atoms with van der Waals surface area (Å²) in [4.78, 5) is 2.15. The molecule has 1 aromatic carbocycles. The number of nitrogens with zero attached hydrogens (tertiary/aromatic N) is 1. The molecular formula is C14H23FN2O. The van der Waals surface area contributed by atoms with E-state index in [1.807, 2.05) is 27.0 Å². The van der Waals surface area contributed by atoms with Gasteiger partial charge in [0, 0.05) is 19.1 Å². The lowest BCUT2D eigenvalue weighted by Gasteiger charge is -2.18. The Balaban J connectivity index is 2.50. The van der Waals surface area contributed by atoms with Gasteiger partial charge in [0.15, 0.2) is 11.6 Å². The van der Waals surface area contributed by atoms with Gasteiger partial charge in [-0.05, 0) is 45.0 Å². The van der Waals surface area contributed by atoms with Crippen LogP contribution in [0.5, 0.6) is 5.75 Å². The minimum absolute atomic E-state index is 0.159. The third kappa shape index (κ3) is 5.02. The largest absolute Gasteiger partial charge is 0.491 e. The Hall–Kier alpha value is -1.13. The van der Waals surface area contributed by atoms with Crippen LogP contribution in [0, 0.1) is 5.82 Å². The van der Waals surface area contributed by atoms with Crippen molar-refractivity contribution in [2.75, 3.05) is 26.7 Å². The SMILES string of the molecule is CCOc1ccc(CCN(C)CC(C)N)cc1F. The lowest BCUT2D eigenvalue weighted by atomic mass is 10.1. The van der Waals surface area contributed by atoms with E-state index < -0.39 is 0 Å². The molecule has 0 fully saturated rings. The van der Waals surface area contributed by atoms with Crippen molar-refractivity contribution in [1.82, 2.24) is 4.90 Å². The van der Waals surface area contributed by atoms with Gasteiger partial charge in [0.25, 0.3) is 0 Å². The van der Waals surface area contributed by atoms with E-state index in [0.29, 0.717) is 12.4 Å². The van der Waals surface area contributed by atoms with Crippen LogP contribution in [0.4, 0.5) is 4.39 Å². The molecule has 4 heteroatoms. The van der Waals surface area contributed by atoms with Gasteiger partial charge in [-0.3, -0.25) is 0 Å². The Bertz CT molecular complexity index is 369. The van der Waals surface area contributed by atoms with Gasteiger partial charge in [-0.2, -0.15) is 0 Å². The maximum atomic E-state index is 13.6. The van der Waals surface area contributed by atoms with Crippen LogP contribution < -0.4 is 10.5 Å². The Morgan fingerprint density at radius 1 is 1.44 bits per heavy atom. The zero-order valence-electron chi connectivity index (χ0n) is 11.4. The summed E-state index contributed by atoms with van der Waals surface area (Å²) in [5.74, 6) is 0.0365. The van der Waals surface area contributed by atoms with Crippen molar-refractivity contribution in [3.8, 4) is 5.75 Å². The number of hydrogen-bond acceptors (Lipinski definition) is 3. The standard InChI is InChI=1S/C14H23FN2O/c1-4-18-14-6-5-12(9-13(14)15)7-8-17(3)10-11(2)16/h5-6,9,11H,4,7-8,10,16H2,1-3H3. The zero-order valence-corrected chi connectivity index (χ0v) is 11.4. The normalized spacial score (nSPS) is 12.8. The summed E-state index contributed by atoms with van der Waals surface area (Å²) in [5, 5.41) is 0. The molecule has 1 rings (SSSR count). The van der Waals surface area contributed by atoms with Crippen molar-refractivity contribution in [2.45, 2.75) is 26.3 Å². The predicted octanol–water partition coefficient (Wildman–Crippen LogP) is 2.05. The van der Waals surface area contributed by atoms with Gasteiger partial charge in [0.05, 0.1) is 6.61 Å². The predicted molar refractivity (Wildman–Crippen MR) is 72.4 cm³/mol. The van der Waals surface area contributed by atoms with E-state index in [-0.39, 0.29) is 11.9 Å². The van der Waals surface area contributed by atoms with Gasteiger partial charge >= 0.3 is 0 Å². The summed E-state index contributed by atoms with van der Waals surface area (Å²) in [6, 6.07) is 5.31. The van der Waals surface area contributed by atoms with E-state index in [0.717, 1.165) is 25.1 Å². The molecule has 102 valence electrons. The van der Waals surface area contributed by atoms with Crippen molar-refractivity contribution in [1.29, 1.82) is 0 Å². The van der Waals surface area contributed by atoms with E-state index in [2.05, 4.69) is 4.90 Å². The first kappa shape index (κ1) is 14.9. The highest BCUT2D eigenvalue weighted by Gasteiger charge is 2.06. The van der Waals surface area contributed by atoms with Crippen molar-refractivity contribution < 1.29 is 9.13 Å². The minimum Gasteiger partial charge on any atom is -0.491 e. The summed E-state index contributed by atoms with van der Waals surface area (Å²) >= 11 is 0. The summed E-state index contributed by atoms with van der Waals surface area (Å²) in [6.07, 6.45) is 0.812. The van der Waals surface area contributed by atoms with Crippen LogP contribution in [0.2, 0.25) is 0 Å². The number of hydrogen-bond donors (Lipinski definition) is 1. The summed E-state index contributed by atoms with van der Waals surface area (Å²) in [6.45, 7) is 6.02. The maximum Gasteiger partial charge on any atom is 0.165 e. The van der Waals surface area contributed by atoms with Crippen molar-refractivity contribution >= 4 is 0 Å². The van der Waals surface area contributed by atoms with E-state index in [9.17, 15) is 4.39 Å². The highest BCUT2D eigenvalue weighted by Crippen LogP contribution is 2.18. The molecule has 0 heterocycles. The average Bonchev–Trinajstić information content (AvgIpc) is 2.29. The molecule has 0 spiro atoms. The van der Waals surface area contributed by atoms with E-state index >= 15 is 0 Å². The maximum absolute atomic E-state index is 13.6. The topological polar surface area (TPSA) is 38.5 Å². The van der Waals surface area contributed by atoms with Crippen LogP contribution in [0.25, 0.3) is 0 Å². The highest BCUT2D eigenvalue weighted by molar-refractivity contribution is 5.29. The van der Waals surface area contributed by atoms with E-state index in [4.69, 9.17) is 10.5 Å². The number of halogens is 1. The zero-order chi connectivity index (χ0) is 13.5. The average molecular weight is 254 g/mol. The molecule has 3 nitrogen and oxygen atoms in total.